The van der Waals surface area contributed by atoms with E-state index >= 15 is 0 Å². The Morgan fingerprint density at radius 1 is 1.17 bits per heavy atom. The minimum Gasteiger partial charge on any atom is -0.252 e. The molecule has 2 rings (SSSR count). The van der Waals surface area contributed by atoms with Crippen molar-refractivity contribution in [2.45, 2.75) is 45.4 Å². The molecule has 0 saturated heterocycles. The molecule has 2 aromatic rings. The number of halogens is 1. The predicted molar refractivity (Wildman–Crippen MR) is 79.4 cm³/mol. The van der Waals surface area contributed by atoms with Crippen LogP contribution in [0.2, 0.25) is 0 Å². The van der Waals surface area contributed by atoms with Gasteiger partial charge in [0.05, 0.1) is 5.52 Å². The molecule has 0 fully saturated rings. The quantitative estimate of drug-likeness (QED) is 0.706. The number of hydrogen-bond donors (Lipinski definition) is 0. The summed E-state index contributed by atoms with van der Waals surface area (Å²) in [6.07, 6.45) is 1.04. The average molecular weight is 262 g/mol. The summed E-state index contributed by atoms with van der Waals surface area (Å²) in [6, 6.07) is 8.63. The molecule has 1 aromatic carbocycles. The zero-order valence-corrected chi connectivity index (χ0v) is 12.3. The molecule has 0 amide bonds. The van der Waals surface area contributed by atoms with E-state index in [0.29, 0.717) is 5.88 Å². The molecule has 0 N–H and O–H groups in total. The van der Waals surface area contributed by atoms with Crippen LogP contribution < -0.4 is 0 Å². The van der Waals surface area contributed by atoms with Crippen molar-refractivity contribution in [2.75, 3.05) is 0 Å². The molecule has 0 radical (unpaired) electrons. The number of hydrogen-bond acceptors (Lipinski definition) is 1. The maximum Gasteiger partial charge on any atom is 0.0708 e. The van der Waals surface area contributed by atoms with Gasteiger partial charge in [0.15, 0.2) is 0 Å². The van der Waals surface area contributed by atoms with Crippen molar-refractivity contribution in [2.24, 2.45) is 0 Å². The second-order valence-electron chi connectivity index (χ2n) is 5.76. The molecular weight excluding hydrogens is 242 g/mol. The van der Waals surface area contributed by atoms with Gasteiger partial charge in [-0.15, -0.1) is 11.6 Å². The second-order valence-corrected chi connectivity index (χ2v) is 6.02. The zero-order valence-electron chi connectivity index (χ0n) is 11.5. The number of aromatic nitrogens is 1. The Bertz CT molecular complexity index is 567. The normalized spacial score (nSPS) is 12.1. The second kappa shape index (κ2) is 4.89. The monoisotopic (exact) mass is 261 g/mol. The van der Waals surface area contributed by atoms with Gasteiger partial charge in [0.2, 0.25) is 0 Å². The highest BCUT2D eigenvalue weighted by Crippen LogP contribution is 2.27. The average Bonchev–Trinajstić information content (AvgIpc) is 2.35. The molecule has 0 spiro atoms. The largest absolute Gasteiger partial charge is 0.252 e. The van der Waals surface area contributed by atoms with Crippen LogP contribution in [0.5, 0.6) is 0 Å². The molecule has 1 heterocycles. The maximum atomic E-state index is 6.10. The van der Waals surface area contributed by atoms with Crippen LogP contribution in [0.25, 0.3) is 10.9 Å². The van der Waals surface area contributed by atoms with Crippen LogP contribution >= 0.6 is 11.6 Å². The molecule has 0 aliphatic carbocycles. The van der Waals surface area contributed by atoms with Crippen molar-refractivity contribution in [1.82, 2.24) is 4.98 Å². The number of fused-ring (bicyclic) bond motifs is 1. The fraction of sp³-hybridized carbons (Fsp3) is 0.438. The summed E-state index contributed by atoms with van der Waals surface area (Å²) in [5.41, 5.74) is 4.73. The minimum absolute atomic E-state index is 0.0540. The van der Waals surface area contributed by atoms with Crippen LogP contribution in [-0.4, -0.2) is 4.98 Å². The summed E-state index contributed by atoms with van der Waals surface area (Å²) in [7, 11) is 0. The van der Waals surface area contributed by atoms with Crippen LogP contribution in [0, 0.1) is 0 Å². The van der Waals surface area contributed by atoms with Gasteiger partial charge in [0.1, 0.15) is 0 Å². The fourth-order valence-corrected chi connectivity index (χ4v) is 2.28. The van der Waals surface area contributed by atoms with Crippen LogP contribution in [0.15, 0.2) is 24.3 Å². The smallest absolute Gasteiger partial charge is 0.0708 e. The van der Waals surface area contributed by atoms with E-state index in [-0.39, 0.29) is 5.41 Å². The molecule has 96 valence electrons. The summed E-state index contributed by atoms with van der Waals surface area (Å²) >= 11 is 6.10. The number of pyridine rings is 1. The van der Waals surface area contributed by atoms with Gasteiger partial charge in [-0.05, 0) is 35.7 Å². The topological polar surface area (TPSA) is 12.9 Å². The number of alkyl halides is 1. The Morgan fingerprint density at radius 2 is 1.89 bits per heavy atom. The lowest BCUT2D eigenvalue weighted by Crippen LogP contribution is -2.14. The van der Waals surface area contributed by atoms with E-state index in [4.69, 9.17) is 16.6 Å². The summed E-state index contributed by atoms with van der Waals surface area (Å²) in [5.74, 6) is 0.537. The Hall–Kier alpha value is -1.08. The third-order valence-corrected chi connectivity index (χ3v) is 3.57. The highest BCUT2D eigenvalue weighted by atomic mass is 35.5. The molecule has 2 heteroatoms. The van der Waals surface area contributed by atoms with Gasteiger partial charge < -0.3 is 0 Å². The van der Waals surface area contributed by atoms with E-state index in [1.165, 1.54) is 16.5 Å². The Morgan fingerprint density at radius 3 is 2.44 bits per heavy atom. The molecule has 0 unspecified atom stereocenters. The molecule has 1 nitrogen and oxygen atoms in total. The van der Waals surface area contributed by atoms with Gasteiger partial charge in [-0.2, -0.15) is 0 Å². The maximum absolute atomic E-state index is 6.10. The Balaban J connectivity index is 2.71. The van der Waals surface area contributed by atoms with E-state index < -0.39 is 0 Å². The van der Waals surface area contributed by atoms with Crippen molar-refractivity contribution in [3.63, 3.8) is 0 Å². The summed E-state index contributed by atoms with van der Waals surface area (Å²) in [6.45, 7) is 8.71. The zero-order chi connectivity index (χ0) is 13.3. The lowest BCUT2D eigenvalue weighted by molar-refractivity contribution is 0.571. The Labute approximate surface area is 114 Å². The van der Waals surface area contributed by atoms with Crippen LogP contribution in [0.3, 0.4) is 0 Å². The van der Waals surface area contributed by atoms with Gasteiger partial charge in [0, 0.05) is 22.4 Å². The molecule has 1 aromatic heterocycles. The van der Waals surface area contributed by atoms with Gasteiger partial charge in [0.25, 0.3) is 0 Å². The van der Waals surface area contributed by atoms with Crippen molar-refractivity contribution in [3.8, 4) is 0 Å². The van der Waals surface area contributed by atoms with E-state index in [1.807, 2.05) is 0 Å². The fourth-order valence-electron chi connectivity index (χ4n) is 2.06. The molecule has 0 aliphatic heterocycles. The molecule has 0 aliphatic rings. The standard InChI is InChI=1S/C16H20ClN/c1-5-11-6-7-14-13(8-11)12(10-17)9-15(18-14)16(2,3)4/h6-9H,5,10H2,1-4H3. The SMILES string of the molecule is CCc1ccc2nc(C(C)(C)C)cc(CCl)c2c1. The first-order chi connectivity index (χ1) is 8.45. The first-order valence-corrected chi connectivity index (χ1v) is 6.98. The number of nitrogens with zero attached hydrogens (tertiary/aromatic N) is 1. The van der Waals surface area contributed by atoms with Crippen LogP contribution in [0.1, 0.15) is 44.5 Å². The third-order valence-electron chi connectivity index (χ3n) is 3.28. The van der Waals surface area contributed by atoms with E-state index in [1.54, 1.807) is 0 Å². The van der Waals surface area contributed by atoms with Crippen molar-refractivity contribution in [3.05, 3.63) is 41.1 Å². The lowest BCUT2D eigenvalue weighted by Gasteiger charge is -2.19. The molecule has 0 saturated carbocycles. The molecule has 0 bridgehead atoms. The van der Waals surface area contributed by atoms with E-state index in [9.17, 15) is 0 Å². The van der Waals surface area contributed by atoms with Crippen molar-refractivity contribution < 1.29 is 0 Å². The third kappa shape index (κ3) is 2.51. The van der Waals surface area contributed by atoms with Gasteiger partial charge >= 0.3 is 0 Å². The highest BCUT2D eigenvalue weighted by Gasteiger charge is 2.17. The van der Waals surface area contributed by atoms with Gasteiger partial charge in [-0.1, -0.05) is 33.8 Å². The highest BCUT2D eigenvalue weighted by molar-refractivity contribution is 6.18. The number of benzene rings is 1. The van der Waals surface area contributed by atoms with Gasteiger partial charge in [-0.25, -0.2) is 0 Å². The van der Waals surface area contributed by atoms with Crippen LogP contribution in [0.4, 0.5) is 0 Å². The number of aryl methyl sites for hydroxylation is 1. The first kappa shape index (κ1) is 13.4. The van der Waals surface area contributed by atoms with Crippen molar-refractivity contribution in [1.29, 1.82) is 0 Å². The van der Waals surface area contributed by atoms with Gasteiger partial charge in [-0.3, -0.25) is 4.98 Å². The Kier molecular flexibility index (Phi) is 3.63. The van der Waals surface area contributed by atoms with Crippen molar-refractivity contribution >= 4 is 22.5 Å². The minimum atomic E-state index is 0.0540. The summed E-state index contributed by atoms with van der Waals surface area (Å²) in [4.78, 5) is 4.77. The first-order valence-electron chi connectivity index (χ1n) is 6.44. The number of rotatable bonds is 2. The summed E-state index contributed by atoms with van der Waals surface area (Å²) in [5, 5.41) is 1.19. The van der Waals surface area contributed by atoms with E-state index in [2.05, 4.69) is 52.0 Å². The van der Waals surface area contributed by atoms with E-state index in [0.717, 1.165) is 17.6 Å². The summed E-state index contributed by atoms with van der Waals surface area (Å²) < 4.78 is 0. The predicted octanol–water partition coefficient (Wildman–Crippen LogP) is 4.83. The molecular formula is C16H20ClN. The molecule has 18 heavy (non-hydrogen) atoms. The van der Waals surface area contributed by atoms with Crippen LogP contribution in [-0.2, 0) is 17.7 Å². The lowest BCUT2D eigenvalue weighted by atomic mass is 9.90. The molecule has 0 atom stereocenters.